The maximum atomic E-state index is 2.21. The quantitative estimate of drug-likeness (QED) is 0.282. The van der Waals surface area contributed by atoms with E-state index in [0.717, 1.165) is 52.2 Å². The molecule has 3 heteroatoms. The van der Waals surface area contributed by atoms with Crippen LogP contribution in [0.15, 0.2) is 0 Å². The van der Waals surface area contributed by atoms with E-state index >= 15 is 0 Å². The Labute approximate surface area is 86.2 Å². The van der Waals surface area contributed by atoms with Crippen molar-refractivity contribution in [1.82, 2.24) is 0 Å². The fourth-order valence-electron chi connectivity index (χ4n) is 0. The molecule has 0 nitrogen and oxygen atoms in total. The van der Waals surface area contributed by atoms with Crippen LogP contribution < -0.4 is 0 Å². The van der Waals surface area contributed by atoms with Gasteiger partial charge in [0.15, 0.2) is 0 Å². The van der Waals surface area contributed by atoms with Gasteiger partial charge in [0.25, 0.3) is 0 Å². The monoisotopic (exact) mass is 495 g/mol. The average molecular weight is 492 g/mol. The Kier molecular flexibility index (Phi) is 55.3. The van der Waals surface area contributed by atoms with Crippen LogP contribution in [0, 0.1) is 0 Å². The zero-order valence-corrected chi connectivity index (χ0v) is 17.2. The minimum atomic E-state index is 0. The molecular weight excluding hydrogens is 481 g/mol. The zero-order chi connectivity index (χ0) is 5.41. The van der Waals surface area contributed by atoms with Crippen LogP contribution in [0.25, 0.3) is 0 Å². The normalized spacial score (nSPS) is 5.43. The summed E-state index contributed by atoms with van der Waals surface area (Å²) >= 11 is 2.13. The van der Waals surface area contributed by atoms with Gasteiger partial charge < -0.3 is 13.5 Å². The molecule has 0 aromatic heterocycles. The first kappa shape index (κ1) is 16.1. The van der Waals surface area contributed by atoms with E-state index in [4.69, 9.17) is 0 Å². The molecule has 0 aliphatic rings. The van der Waals surface area contributed by atoms with Gasteiger partial charge in [-0.05, 0) is 0 Å². The smallest absolute Gasteiger partial charge is 0.813 e. The van der Waals surface area contributed by atoms with Crippen molar-refractivity contribution in [3.63, 3.8) is 0 Å². The standard InChI is InChI=1S/2C2H5.2Hg.H2S/c2*1-2;;;/h2*1H2,2H3;;;1H2/q;;;+1;/p-1. The van der Waals surface area contributed by atoms with E-state index < -0.39 is 0 Å². The average Bonchev–Trinajstić information content (AvgIpc) is 1.39. The van der Waals surface area contributed by atoms with Crippen LogP contribution >= 0.6 is 0 Å². The van der Waals surface area contributed by atoms with Crippen molar-refractivity contribution in [3.05, 3.63) is 0 Å². The molecule has 0 spiro atoms. The molecule has 37 valence electrons. The van der Waals surface area contributed by atoms with E-state index in [9.17, 15) is 0 Å². The van der Waals surface area contributed by atoms with Crippen LogP contribution in [0.3, 0.4) is 0 Å². The van der Waals surface area contributed by atoms with E-state index in [1.165, 1.54) is 7.86 Å². The van der Waals surface area contributed by atoms with Gasteiger partial charge in [-0.25, -0.2) is 0 Å². The van der Waals surface area contributed by atoms with E-state index in [-0.39, 0.29) is 13.5 Å². The van der Waals surface area contributed by atoms with E-state index in [0.29, 0.717) is 0 Å². The van der Waals surface area contributed by atoms with Crippen LogP contribution in [0.5, 0.6) is 0 Å². The molecule has 0 N–H and O–H groups in total. The molecule has 0 radical (unpaired) electrons. The third-order valence-corrected chi connectivity index (χ3v) is 0. The molecule has 0 bridgehead atoms. The van der Waals surface area contributed by atoms with E-state index in [1.54, 1.807) is 0 Å². The first-order valence-electron chi connectivity index (χ1n) is 2.41. The van der Waals surface area contributed by atoms with Gasteiger partial charge in [-0.2, -0.15) is 0 Å². The third-order valence-electron chi connectivity index (χ3n) is 0. The SMILES string of the molecule is C[CH2][Hg+].C[CH2][Hg].[SH-]. The first-order valence-corrected chi connectivity index (χ1v) is 10.2. The number of thiol groups is 1. The van der Waals surface area contributed by atoms with E-state index in [2.05, 4.69) is 13.8 Å². The summed E-state index contributed by atoms with van der Waals surface area (Å²) in [5.41, 5.74) is 0. The summed E-state index contributed by atoms with van der Waals surface area (Å²) in [6.07, 6.45) is 0. The van der Waals surface area contributed by atoms with E-state index in [1.807, 2.05) is 0 Å². The van der Waals surface area contributed by atoms with Crippen molar-refractivity contribution in [2.75, 3.05) is 0 Å². The Morgan fingerprint density at radius 3 is 1.43 bits per heavy atom. The summed E-state index contributed by atoms with van der Waals surface area (Å²) < 4.78 is 2.89. The van der Waals surface area contributed by atoms with Crippen molar-refractivity contribution in [1.29, 1.82) is 0 Å². The Hall–Kier alpha value is 2.22. The maximum Gasteiger partial charge on any atom is -0.813 e. The van der Waals surface area contributed by atoms with Crippen molar-refractivity contribution < 1.29 is 52.2 Å². The van der Waals surface area contributed by atoms with Crippen LogP contribution in [-0.2, 0) is 65.7 Å². The molecule has 0 amide bonds. The summed E-state index contributed by atoms with van der Waals surface area (Å²) in [5, 5.41) is 0. The van der Waals surface area contributed by atoms with Crippen LogP contribution in [0.2, 0.25) is 7.86 Å². The second kappa shape index (κ2) is 24.1. The van der Waals surface area contributed by atoms with Gasteiger partial charge in [-0.15, -0.1) is 0 Å². The van der Waals surface area contributed by atoms with Gasteiger partial charge in [0.2, 0.25) is 0 Å². The topological polar surface area (TPSA) is 0 Å². The number of hydrogen-bond donors (Lipinski definition) is 0. The second-order valence-electron chi connectivity index (χ2n) is 1.000. The van der Waals surface area contributed by atoms with Gasteiger partial charge in [0, 0.05) is 0 Å². The number of rotatable bonds is 0. The largest absolute Gasteiger partial charge is 0.813 e. The van der Waals surface area contributed by atoms with Gasteiger partial charge in [0.05, 0.1) is 0 Å². The Morgan fingerprint density at radius 1 is 1.43 bits per heavy atom. The predicted molar refractivity (Wildman–Crippen MR) is 29.7 cm³/mol. The van der Waals surface area contributed by atoms with Crippen molar-refractivity contribution >= 4 is 13.5 Å². The summed E-state index contributed by atoms with van der Waals surface area (Å²) in [7, 11) is 0. The van der Waals surface area contributed by atoms with Crippen molar-refractivity contribution in [2.45, 2.75) is 21.7 Å². The number of hydrogen-bond acceptors (Lipinski definition) is 1. The second-order valence-corrected chi connectivity index (χ2v) is 8.77. The molecule has 0 fully saturated rings. The zero-order valence-electron chi connectivity index (χ0n) is 5.28. The molecular formula is C4H11Hg2S. The van der Waals surface area contributed by atoms with Gasteiger partial charge in [0.1, 0.15) is 0 Å². The van der Waals surface area contributed by atoms with Crippen LogP contribution in [0.4, 0.5) is 0 Å². The summed E-state index contributed by atoms with van der Waals surface area (Å²) in [6, 6.07) is 0. The Balaban J connectivity index is -0.0000000400. The molecule has 0 heterocycles. The molecule has 0 atom stereocenters. The Bertz CT molecular complexity index is 11.7. The van der Waals surface area contributed by atoms with Crippen molar-refractivity contribution in [3.8, 4) is 0 Å². The molecule has 0 unspecified atom stereocenters. The molecule has 0 saturated heterocycles. The minimum Gasteiger partial charge on any atom is -0.813 e. The summed E-state index contributed by atoms with van der Waals surface area (Å²) in [5.74, 6) is 0. The summed E-state index contributed by atoms with van der Waals surface area (Å²) in [6.45, 7) is 4.42. The fraction of sp³-hybridized carbons (Fsp3) is 1.00. The van der Waals surface area contributed by atoms with Crippen LogP contribution in [0.1, 0.15) is 13.8 Å². The first-order chi connectivity index (χ1) is 2.83. The Morgan fingerprint density at radius 2 is 1.43 bits per heavy atom. The van der Waals surface area contributed by atoms with Gasteiger partial charge in [-0.1, -0.05) is 0 Å². The van der Waals surface area contributed by atoms with Crippen LogP contribution in [-0.4, -0.2) is 0 Å². The fourth-order valence-corrected chi connectivity index (χ4v) is 0. The maximum absolute atomic E-state index is 2.21. The molecule has 0 rings (SSSR count). The molecule has 0 aliphatic carbocycles. The summed E-state index contributed by atoms with van der Waals surface area (Å²) in [4.78, 5) is 0. The van der Waals surface area contributed by atoms with Crippen molar-refractivity contribution in [2.24, 2.45) is 0 Å². The predicted octanol–water partition coefficient (Wildman–Crippen LogP) is 1.67. The third kappa shape index (κ3) is 64.5. The molecule has 0 aromatic rings. The molecule has 7 heavy (non-hydrogen) atoms. The molecule has 0 aliphatic heterocycles. The minimum absolute atomic E-state index is 0. The molecule has 0 aromatic carbocycles. The molecule has 0 saturated carbocycles. The van der Waals surface area contributed by atoms with Gasteiger partial charge in [-0.3, -0.25) is 0 Å². The van der Waals surface area contributed by atoms with Gasteiger partial charge >= 0.3 is 73.9 Å².